The molecule has 5 nitrogen and oxygen atoms in total. The van der Waals surface area contributed by atoms with Crippen molar-refractivity contribution >= 4 is 5.97 Å². The number of nitrogens with zero attached hydrogens (tertiary/aromatic N) is 1. The van der Waals surface area contributed by atoms with Gasteiger partial charge in [0.15, 0.2) is 0 Å². The summed E-state index contributed by atoms with van der Waals surface area (Å²) >= 11 is 0. The molecule has 58 valence electrons. The highest BCUT2D eigenvalue weighted by atomic mass is 16.4. The van der Waals surface area contributed by atoms with Gasteiger partial charge in [0.2, 0.25) is 0 Å². The molecule has 0 atom stereocenters. The van der Waals surface area contributed by atoms with Crippen molar-refractivity contribution in [3.8, 4) is 0 Å². The molecule has 11 heavy (non-hydrogen) atoms. The van der Waals surface area contributed by atoms with Crippen LogP contribution in [0.5, 0.6) is 0 Å². The van der Waals surface area contributed by atoms with E-state index in [0.717, 1.165) is 0 Å². The molecule has 0 aliphatic rings. The highest BCUT2D eigenvalue weighted by Gasteiger charge is 1.99. The van der Waals surface area contributed by atoms with Crippen LogP contribution < -0.4 is 5.69 Å². The molecule has 1 aromatic heterocycles. The number of hydrogen-bond donors (Lipinski definition) is 2. The summed E-state index contributed by atoms with van der Waals surface area (Å²) < 4.78 is 0. The first-order chi connectivity index (χ1) is 5.18. The summed E-state index contributed by atoms with van der Waals surface area (Å²) in [5.74, 6) is -0.946. The first kappa shape index (κ1) is 7.46. The minimum absolute atomic E-state index is 0.121. The van der Waals surface area contributed by atoms with Gasteiger partial charge in [-0.05, 0) is 5.56 Å². The van der Waals surface area contributed by atoms with Crippen molar-refractivity contribution in [2.75, 3.05) is 0 Å². The lowest BCUT2D eigenvalue weighted by Crippen LogP contribution is -2.10. The van der Waals surface area contributed by atoms with E-state index in [-0.39, 0.29) is 6.42 Å². The van der Waals surface area contributed by atoms with E-state index in [0.29, 0.717) is 5.56 Å². The Bertz CT molecular complexity index is 297. The molecule has 0 aliphatic heterocycles. The number of H-pyrrole nitrogens is 1. The minimum atomic E-state index is -0.946. The van der Waals surface area contributed by atoms with Crippen molar-refractivity contribution in [1.82, 2.24) is 9.97 Å². The first-order valence-electron chi connectivity index (χ1n) is 2.94. The van der Waals surface area contributed by atoms with Gasteiger partial charge in [-0.1, -0.05) is 0 Å². The maximum absolute atomic E-state index is 10.4. The van der Waals surface area contributed by atoms with E-state index < -0.39 is 11.7 Å². The van der Waals surface area contributed by atoms with Crippen molar-refractivity contribution in [2.24, 2.45) is 0 Å². The number of carbonyl (C=O) groups is 1. The molecule has 0 amide bonds. The third-order valence-electron chi connectivity index (χ3n) is 1.08. The zero-order chi connectivity index (χ0) is 8.27. The molecule has 0 aromatic carbocycles. The number of hydrogen-bond acceptors (Lipinski definition) is 3. The van der Waals surface area contributed by atoms with E-state index in [2.05, 4.69) is 9.97 Å². The van der Waals surface area contributed by atoms with E-state index >= 15 is 0 Å². The summed E-state index contributed by atoms with van der Waals surface area (Å²) in [7, 11) is 0. The van der Waals surface area contributed by atoms with Gasteiger partial charge in [0.1, 0.15) is 0 Å². The van der Waals surface area contributed by atoms with Crippen molar-refractivity contribution in [2.45, 2.75) is 6.42 Å². The number of aliphatic carboxylic acids is 1. The fraction of sp³-hybridized carbons (Fsp3) is 0.167. The third kappa shape index (κ3) is 2.21. The zero-order valence-electron chi connectivity index (χ0n) is 5.57. The van der Waals surface area contributed by atoms with Crippen molar-refractivity contribution in [1.29, 1.82) is 0 Å². The lowest BCUT2D eigenvalue weighted by molar-refractivity contribution is -0.136. The second kappa shape index (κ2) is 2.96. The predicted octanol–water partition coefficient (Wildman–Crippen LogP) is -0.603. The molecule has 0 saturated heterocycles. The van der Waals surface area contributed by atoms with Crippen LogP contribution in [0.25, 0.3) is 0 Å². The van der Waals surface area contributed by atoms with Gasteiger partial charge in [0.25, 0.3) is 0 Å². The summed E-state index contributed by atoms with van der Waals surface area (Å²) in [6.07, 6.45) is 2.46. The van der Waals surface area contributed by atoms with Crippen molar-refractivity contribution in [3.05, 3.63) is 28.4 Å². The van der Waals surface area contributed by atoms with Gasteiger partial charge in [0.05, 0.1) is 6.42 Å². The molecule has 0 saturated carbocycles. The van der Waals surface area contributed by atoms with Gasteiger partial charge in [-0.15, -0.1) is 0 Å². The Morgan fingerprint density at radius 2 is 2.45 bits per heavy atom. The Kier molecular flexibility index (Phi) is 2.00. The molecule has 0 bridgehead atoms. The van der Waals surface area contributed by atoms with Crippen molar-refractivity contribution in [3.63, 3.8) is 0 Å². The van der Waals surface area contributed by atoms with E-state index in [4.69, 9.17) is 5.11 Å². The van der Waals surface area contributed by atoms with Crippen LogP contribution in [0, 0.1) is 0 Å². The second-order valence-corrected chi connectivity index (χ2v) is 2.00. The molecule has 5 heteroatoms. The Morgan fingerprint density at radius 3 is 2.91 bits per heavy atom. The zero-order valence-corrected chi connectivity index (χ0v) is 5.57. The number of carboxylic acid groups (broad SMARTS) is 1. The largest absolute Gasteiger partial charge is 0.481 e. The Balaban J connectivity index is 2.82. The smallest absolute Gasteiger partial charge is 0.344 e. The monoisotopic (exact) mass is 154 g/mol. The van der Waals surface area contributed by atoms with Crippen LogP contribution >= 0.6 is 0 Å². The lowest BCUT2D eigenvalue weighted by atomic mass is 10.2. The Hall–Kier alpha value is -1.65. The number of carboxylic acids is 1. The summed E-state index contributed by atoms with van der Waals surface area (Å²) in [5.41, 5.74) is 0.0104. The molecular formula is C6H6N2O3. The molecule has 2 N–H and O–H groups in total. The maximum atomic E-state index is 10.4. The maximum Gasteiger partial charge on any atom is 0.344 e. The van der Waals surface area contributed by atoms with Crippen LogP contribution in [-0.4, -0.2) is 21.0 Å². The van der Waals surface area contributed by atoms with E-state index in [9.17, 15) is 9.59 Å². The van der Waals surface area contributed by atoms with Crippen LogP contribution in [0.2, 0.25) is 0 Å². The summed E-state index contributed by atoms with van der Waals surface area (Å²) in [6.45, 7) is 0. The molecule has 0 aliphatic carbocycles. The first-order valence-corrected chi connectivity index (χ1v) is 2.94. The highest BCUT2D eigenvalue weighted by Crippen LogP contribution is 1.91. The average Bonchev–Trinajstić information content (AvgIpc) is 1.93. The van der Waals surface area contributed by atoms with Crippen LogP contribution in [-0.2, 0) is 11.2 Å². The quantitative estimate of drug-likeness (QED) is 0.595. The summed E-state index contributed by atoms with van der Waals surface area (Å²) in [4.78, 5) is 26.2. The topological polar surface area (TPSA) is 83.0 Å². The predicted molar refractivity (Wildman–Crippen MR) is 36.2 cm³/mol. The molecule has 0 spiro atoms. The van der Waals surface area contributed by atoms with Gasteiger partial charge < -0.3 is 10.1 Å². The third-order valence-corrected chi connectivity index (χ3v) is 1.08. The van der Waals surface area contributed by atoms with Gasteiger partial charge in [-0.3, -0.25) is 4.79 Å². The fourth-order valence-electron chi connectivity index (χ4n) is 0.642. The number of aromatic amines is 1. The van der Waals surface area contributed by atoms with Crippen LogP contribution in [0.4, 0.5) is 0 Å². The number of nitrogens with one attached hydrogen (secondary N) is 1. The Labute approximate surface area is 61.7 Å². The average molecular weight is 154 g/mol. The number of rotatable bonds is 2. The van der Waals surface area contributed by atoms with Crippen molar-refractivity contribution < 1.29 is 9.90 Å². The molecule has 0 unspecified atom stereocenters. The van der Waals surface area contributed by atoms with E-state index in [1.54, 1.807) is 0 Å². The van der Waals surface area contributed by atoms with Gasteiger partial charge in [0, 0.05) is 12.4 Å². The molecule has 1 rings (SSSR count). The highest BCUT2D eigenvalue weighted by molar-refractivity contribution is 5.69. The van der Waals surface area contributed by atoms with Crippen LogP contribution in [0.1, 0.15) is 5.56 Å². The molecule has 1 heterocycles. The van der Waals surface area contributed by atoms with E-state index in [1.807, 2.05) is 0 Å². The van der Waals surface area contributed by atoms with Gasteiger partial charge >= 0.3 is 11.7 Å². The molecule has 1 aromatic rings. The normalized spacial score (nSPS) is 9.45. The minimum Gasteiger partial charge on any atom is -0.481 e. The summed E-state index contributed by atoms with van der Waals surface area (Å²) in [6, 6.07) is 0. The number of aromatic nitrogens is 2. The van der Waals surface area contributed by atoms with Gasteiger partial charge in [-0.25, -0.2) is 9.78 Å². The lowest BCUT2D eigenvalue weighted by Gasteiger charge is -1.91. The van der Waals surface area contributed by atoms with E-state index in [1.165, 1.54) is 12.4 Å². The van der Waals surface area contributed by atoms with Crippen LogP contribution in [0.15, 0.2) is 17.2 Å². The van der Waals surface area contributed by atoms with Gasteiger partial charge in [-0.2, -0.15) is 0 Å². The molecular weight excluding hydrogens is 148 g/mol. The van der Waals surface area contributed by atoms with Crippen LogP contribution in [0.3, 0.4) is 0 Å². The molecule has 0 fully saturated rings. The summed E-state index contributed by atoms with van der Waals surface area (Å²) in [5, 5.41) is 8.32. The standard InChI is InChI=1S/C6H6N2O3/c9-5(10)1-4-2-7-6(11)8-3-4/h2-3H,1H2,(H,9,10)(H,7,8,11). The fourth-order valence-corrected chi connectivity index (χ4v) is 0.642. The molecule has 0 radical (unpaired) electrons. The Morgan fingerprint density at radius 1 is 1.73 bits per heavy atom. The second-order valence-electron chi connectivity index (χ2n) is 2.00. The SMILES string of the molecule is O=C(O)Cc1cnc(=O)[nH]c1.